The monoisotopic (exact) mass is 380 g/mol. The molecule has 0 unspecified atom stereocenters. The summed E-state index contributed by atoms with van der Waals surface area (Å²) in [6.45, 7) is 2.42. The molecule has 1 amide bonds. The predicted molar refractivity (Wildman–Crippen MR) is 100.0 cm³/mol. The van der Waals surface area contributed by atoms with Gasteiger partial charge in [0.05, 0.1) is 5.69 Å². The fraction of sp³-hybridized carbons (Fsp3) is 0.316. The van der Waals surface area contributed by atoms with Gasteiger partial charge in [-0.25, -0.2) is 4.39 Å². The van der Waals surface area contributed by atoms with Crippen molar-refractivity contribution in [1.82, 2.24) is 4.90 Å². The van der Waals surface area contributed by atoms with E-state index in [2.05, 4.69) is 0 Å². The minimum atomic E-state index is -0.226. The van der Waals surface area contributed by atoms with E-state index in [4.69, 9.17) is 23.2 Å². The maximum Gasteiger partial charge on any atom is 0.223 e. The molecule has 0 saturated carbocycles. The number of carbonyl (C=O) groups excluding carboxylic acids is 1. The van der Waals surface area contributed by atoms with Crippen molar-refractivity contribution in [2.75, 3.05) is 31.1 Å². The van der Waals surface area contributed by atoms with E-state index in [1.807, 2.05) is 15.9 Å². The molecule has 1 aliphatic rings. The van der Waals surface area contributed by atoms with E-state index in [1.54, 1.807) is 30.3 Å². The van der Waals surface area contributed by atoms with Crippen LogP contribution < -0.4 is 4.90 Å². The Morgan fingerprint density at radius 3 is 2.24 bits per heavy atom. The average Bonchev–Trinajstić information content (AvgIpc) is 2.62. The third kappa shape index (κ3) is 4.25. The smallest absolute Gasteiger partial charge is 0.223 e. The number of piperazine rings is 1. The normalized spacial score (nSPS) is 14.7. The maximum absolute atomic E-state index is 13.9. The number of halogens is 3. The Morgan fingerprint density at radius 2 is 1.60 bits per heavy atom. The standard InChI is InChI=1S/C19H19Cl2FN2O/c20-15-4-3-5-16(21)14(15)8-9-19(25)24-12-10-23(11-13-24)18-7-2-1-6-17(18)22/h1-7H,8-13H2. The SMILES string of the molecule is O=C(CCc1c(Cl)cccc1Cl)N1CCN(c2ccccc2F)CC1. The zero-order chi connectivity index (χ0) is 17.8. The molecular weight excluding hydrogens is 362 g/mol. The fourth-order valence-corrected chi connectivity index (χ4v) is 3.65. The number of nitrogens with zero attached hydrogens (tertiary/aromatic N) is 2. The summed E-state index contributed by atoms with van der Waals surface area (Å²) < 4.78 is 13.9. The van der Waals surface area contributed by atoms with E-state index in [1.165, 1.54) is 6.07 Å². The second kappa shape index (κ2) is 8.07. The van der Waals surface area contributed by atoms with Crippen molar-refractivity contribution in [3.8, 4) is 0 Å². The van der Waals surface area contributed by atoms with E-state index in [0.29, 0.717) is 54.8 Å². The number of para-hydroxylation sites is 1. The molecule has 6 heteroatoms. The van der Waals surface area contributed by atoms with Crippen LogP contribution in [0.3, 0.4) is 0 Å². The number of hydrogen-bond donors (Lipinski definition) is 0. The van der Waals surface area contributed by atoms with E-state index < -0.39 is 0 Å². The van der Waals surface area contributed by atoms with Crippen LogP contribution in [0.2, 0.25) is 10.0 Å². The van der Waals surface area contributed by atoms with Gasteiger partial charge in [0.25, 0.3) is 0 Å². The van der Waals surface area contributed by atoms with Crippen molar-refractivity contribution in [2.45, 2.75) is 12.8 Å². The molecular formula is C19H19Cl2FN2O. The van der Waals surface area contributed by atoms with Crippen LogP contribution >= 0.6 is 23.2 Å². The van der Waals surface area contributed by atoms with Gasteiger partial charge in [-0.15, -0.1) is 0 Å². The molecule has 0 aliphatic carbocycles. The number of carbonyl (C=O) groups is 1. The molecule has 0 atom stereocenters. The number of benzene rings is 2. The van der Waals surface area contributed by atoms with E-state index in [9.17, 15) is 9.18 Å². The maximum atomic E-state index is 13.9. The Labute approximate surface area is 156 Å². The van der Waals surface area contributed by atoms with Gasteiger partial charge >= 0.3 is 0 Å². The molecule has 0 bridgehead atoms. The van der Waals surface area contributed by atoms with Crippen molar-refractivity contribution >= 4 is 34.8 Å². The molecule has 1 saturated heterocycles. The van der Waals surface area contributed by atoms with Gasteiger partial charge in [-0.1, -0.05) is 41.4 Å². The fourth-order valence-electron chi connectivity index (χ4n) is 3.07. The molecule has 2 aromatic rings. The van der Waals surface area contributed by atoms with Crippen LogP contribution in [0, 0.1) is 5.82 Å². The predicted octanol–water partition coefficient (Wildman–Crippen LogP) is 4.41. The molecule has 25 heavy (non-hydrogen) atoms. The molecule has 3 nitrogen and oxygen atoms in total. The van der Waals surface area contributed by atoms with Crippen LogP contribution in [-0.4, -0.2) is 37.0 Å². The lowest BCUT2D eigenvalue weighted by atomic mass is 10.1. The zero-order valence-corrected chi connectivity index (χ0v) is 15.2. The third-order valence-corrected chi connectivity index (χ3v) is 5.18. The van der Waals surface area contributed by atoms with Gasteiger partial charge in [0.2, 0.25) is 5.91 Å². The highest BCUT2D eigenvalue weighted by molar-refractivity contribution is 6.36. The average molecular weight is 381 g/mol. The quantitative estimate of drug-likeness (QED) is 0.783. The first-order chi connectivity index (χ1) is 12.1. The Bertz CT molecular complexity index is 741. The number of anilines is 1. The van der Waals surface area contributed by atoms with Gasteiger partial charge in [0.1, 0.15) is 5.82 Å². The van der Waals surface area contributed by atoms with Crippen molar-refractivity contribution in [1.29, 1.82) is 0 Å². The minimum absolute atomic E-state index is 0.0733. The number of hydrogen-bond acceptors (Lipinski definition) is 2. The molecule has 1 aliphatic heterocycles. The molecule has 1 fully saturated rings. The van der Waals surface area contributed by atoms with Gasteiger partial charge in [-0.05, 0) is 36.2 Å². The van der Waals surface area contributed by atoms with Gasteiger partial charge in [0.15, 0.2) is 0 Å². The summed E-state index contributed by atoms with van der Waals surface area (Å²) in [7, 11) is 0. The lowest BCUT2D eigenvalue weighted by molar-refractivity contribution is -0.131. The Hall–Kier alpha value is -1.78. The summed E-state index contributed by atoms with van der Waals surface area (Å²) in [6.07, 6.45) is 0.883. The number of rotatable bonds is 4. The van der Waals surface area contributed by atoms with Crippen molar-refractivity contribution in [2.24, 2.45) is 0 Å². The van der Waals surface area contributed by atoms with E-state index in [0.717, 1.165) is 5.56 Å². The molecule has 1 heterocycles. The van der Waals surface area contributed by atoms with Crippen LogP contribution in [0.25, 0.3) is 0 Å². The summed E-state index contributed by atoms with van der Waals surface area (Å²) in [5, 5.41) is 1.18. The van der Waals surface area contributed by atoms with Crippen molar-refractivity contribution < 1.29 is 9.18 Å². The second-order valence-corrected chi connectivity index (χ2v) is 6.83. The molecule has 0 N–H and O–H groups in total. The van der Waals surface area contributed by atoms with Crippen molar-refractivity contribution in [3.05, 3.63) is 63.9 Å². The van der Waals surface area contributed by atoms with Crippen LogP contribution in [0.1, 0.15) is 12.0 Å². The van der Waals surface area contributed by atoms with Crippen molar-refractivity contribution in [3.63, 3.8) is 0 Å². The molecule has 2 aromatic carbocycles. The van der Waals surface area contributed by atoms with Crippen LogP contribution in [0.15, 0.2) is 42.5 Å². The zero-order valence-electron chi connectivity index (χ0n) is 13.7. The lowest BCUT2D eigenvalue weighted by Crippen LogP contribution is -2.49. The first kappa shape index (κ1) is 18.0. The minimum Gasteiger partial charge on any atom is -0.366 e. The van der Waals surface area contributed by atoms with Gasteiger partial charge in [-0.3, -0.25) is 4.79 Å². The summed E-state index contributed by atoms with van der Waals surface area (Å²) in [6, 6.07) is 12.1. The Kier molecular flexibility index (Phi) is 5.82. The van der Waals surface area contributed by atoms with E-state index >= 15 is 0 Å². The van der Waals surface area contributed by atoms with Gasteiger partial charge in [0, 0.05) is 42.6 Å². The molecule has 0 radical (unpaired) electrons. The van der Waals surface area contributed by atoms with Gasteiger partial charge < -0.3 is 9.80 Å². The largest absolute Gasteiger partial charge is 0.366 e. The summed E-state index contributed by atoms with van der Waals surface area (Å²) in [5.41, 5.74) is 1.40. The second-order valence-electron chi connectivity index (χ2n) is 6.02. The van der Waals surface area contributed by atoms with Crippen LogP contribution in [-0.2, 0) is 11.2 Å². The third-order valence-electron chi connectivity index (χ3n) is 4.48. The highest BCUT2D eigenvalue weighted by Crippen LogP contribution is 2.26. The molecule has 0 aromatic heterocycles. The summed E-state index contributed by atoms with van der Waals surface area (Å²) in [4.78, 5) is 16.2. The summed E-state index contributed by atoms with van der Waals surface area (Å²) >= 11 is 12.3. The highest BCUT2D eigenvalue weighted by Gasteiger charge is 2.22. The highest BCUT2D eigenvalue weighted by atomic mass is 35.5. The number of amides is 1. The summed E-state index contributed by atoms with van der Waals surface area (Å²) in [5.74, 6) is -0.153. The first-order valence-electron chi connectivity index (χ1n) is 8.26. The molecule has 3 rings (SSSR count). The molecule has 132 valence electrons. The molecule has 0 spiro atoms. The van der Waals surface area contributed by atoms with Crippen LogP contribution in [0.5, 0.6) is 0 Å². The lowest BCUT2D eigenvalue weighted by Gasteiger charge is -2.36. The first-order valence-corrected chi connectivity index (χ1v) is 9.02. The van der Waals surface area contributed by atoms with E-state index in [-0.39, 0.29) is 11.7 Å². The Morgan fingerprint density at radius 1 is 0.960 bits per heavy atom. The van der Waals surface area contributed by atoms with Gasteiger partial charge in [-0.2, -0.15) is 0 Å². The van der Waals surface area contributed by atoms with Crippen LogP contribution in [0.4, 0.5) is 10.1 Å². The Balaban J connectivity index is 1.54. The topological polar surface area (TPSA) is 23.6 Å².